The van der Waals surface area contributed by atoms with Gasteiger partial charge < -0.3 is 24.3 Å². The van der Waals surface area contributed by atoms with E-state index >= 15 is 0 Å². The lowest BCUT2D eigenvalue weighted by atomic mass is 9.33. The van der Waals surface area contributed by atoms with E-state index in [1.165, 1.54) is 11.1 Å². The van der Waals surface area contributed by atoms with Crippen LogP contribution in [0.1, 0.15) is 96.8 Å². The van der Waals surface area contributed by atoms with Gasteiger partial charge in [-0.05, 0) is 184 Å². The fourth-order valence-electron chi connectivity index (χ4n) is 18.1. The van der Waals surface area contributed by atoms with Crippen LogP contribution in [0.4, 0.5) is 28.4 Å². The Balaban J connectivity index is 0.953. The molecule has 0 fully saturated rings. The smallest absolute Gasteiger partial charge is 0.252 e. The lowest BCUT2D eigenvalue weighted by Crippen LogP contribution is -2.60. The van der Waals surface area contributed by atoms with Crippen LogP contribution >= 0.6 is 0 Å². The fourth-order valence-corrected chi connectivity index (χ4v) is 18.1. The highest BCUT2D eigenvalue weighted by atomic mass is 15.2. The molecule has 0 spiro atoms. The predicted octanol–water partition coefficient (Wildman–Crippen LogP) is 27.4. The number of benzene rings is 16. The van der Waals surface area contributed by atoms with Crippen LogP contribution in [0.5, 0.6) is 0 Å². The Kier molecular flexibility index (Phi) is 12.8. The summed E-state index contributed by atoms with van der Waals surface area (Å²) in [7, 11) is 0. The Morgan fingerprint density at radius 3 is 1.54 bits per heavy atom. The van der Waals surface area contributed by atoms with E-state index in [0.29, 0.717) is 16.9 Å². The normalized spacial score (nSPS) is 14.3. The summed E-state index contributed by atoms with van der Waals surface area (Å²) < 4.78 is 128. The van der Waals surface area contributed by atoms with Crippen LogP contribution in [0, 0.1) is 0 Å². The minimum absolute atomic E-state index is 0.0186. The molecule has 546 valence electrons. The second kappa shape index (κ2) is 26.1. The number of hydrogen-bond acceptors (Lipinski definition) is 2. The predicted molar refractivity (Wildman–Crippen MR) is 488 cm³/mol. The summed E-state index contributed by atoms with van der Waals surface area (Å²) in [6.45, 7) is 19.2. The molecule has 0 amide bonds. The van der Waals surface area contributed by atoms with Gasteiger partial charge in [-0.15, -0.1) is 0 Å². The molecular weight excluding hydrogens is 1380 g/mol. The van der Waals surface area contributed by atoms with Crippen molar-refractivity contribution < 1.29 is 17.8 Å². The number of aromatic amines is 1. The van der Waals surface area contributed by atoms with E-state index in [0.717, 1.165) is 161 Å². The van der Waals surface area contributed by atoms with Crippen molar-refractivity contribution in [2.45, 2.75) is 78.6 Å². The molecule has 2 aliphatic heterocycles. The minimum Gasteiger partial charge on any atom is -0.355 e. The van der Waals surface area contributed by atoms with Gasteiger partial charge in [-0.1, -0.05) is 329 Å². The zero-order valence-corrected chi connectivity index (χ0v) is 64.8. The van der Waals surface area contributed by atoms with Crippen LogP contribution in [-0.2, 0) is 16.2 Å². The quantitative estimate of drug-likeness (QED) is 0.127. The first-order valence-electron chi connectivity index (χ1n) is 45.7. The van der Waals surface area contributed by atoms with Gasteiger partial charge in [0, 0.05) is 88.5 Å². The maximum absolute atomic E-state index is 10.0. The topological polar surface area (TPSA) is 40.9 Å². The molecule has 114 heavy (non-hydrogen) atoms. The summed E-state index contributed by atoms with van der Waals surface area (Å²) in [6.07, 6.45) is 0. The van der Waals surface area contributed by atoms with Crippen molar-refractivity contribution in [3.63, 3.8) is 0 Å². The maximum atomic E-state index is 10.0. The molecule has 0 aliphatic carbocycles. The molecule has 0 bridgehead atoms. The molecule has 6 heteroatoms. The van der Waals surface area contributed by atoms with Crippen LogP contribution in [0.3, 0.4) is 0 Å². The minimum atomic E-state index is -0.811. The molecule has 16 aromatic carbocycles. The first-order chi connectivity index (χ1) is 60.9. The van der Waals surface area contributed by atoms with E-state index in [-0.39, 0.29) is 50.3 Å². The Morgan fingerprint density at radius 1 is 0.333 bits per heavy atom. The van der Waals surface area contributed by atoms with E-state index < -0.39 is 78.6 Å². The van der Waals surface area contributed by atoms with Gasteiger partial charge in [-0.3, -0.25) is 0 Å². The number of H-pyrrole nitrogens is 1. The van der Waals surface area contributed by atoms with Gasteiger partial charge in [0.15, 0.2) is 0 Å². The van der Waals surface area contributed by atoms with E-state index in [4.69, 9.17) is 1.37 Å². The van der Waals surface area contributed by atoms with Gasteiger partial charge in [0.1, 0.15) is 0 Å². The average Bonchev–Trinajstić information content (AvgIpc) is 1.58. The van der Waals surface area contributed by atoms with Crippen LogP contribution in [-0.4, -0.2) is 20.8 Å². The Hall–Kier alpha value is -13.4. The summed E-state index contributed by atoms with van der Waals surface area (Å²) in [5, 5.41) is 7.09. The van der Waals surface area contributed by atoms with Gasteiger partial charge in [-0.25, -0.2) is 0 Å². The summed E-state index contributed by atoms with van der Waals surface area (Å²) in [5.41, 5.74) is 25.2. The van der Waals surface area contributed by atoms with Crippen molar-refractivity contribution in [2.24, 2.45) is 0 Å². The highest BCUT2D eigenvalue weighted by Gasteiger charge is 2.46. The molecule has 2 N–H and O–H groups in total. The third-order valence-electron chi connectivity index (χ3n) is 23.6. The molecule has 0 saturated carbocycles. The lowest BCUT2D eigenvalue weighted by molar-refractivity contribution is 0.589. The molecule has 3 aromatic heterocycles. The Morgan fingerprint density at radius 2 is 0.886 bits per heavy atom. The fraction of sp³-hybridized carbons (Fsp3) is 0.111. The number of fused-ring (bicyclic) bond motifs is 14. The molecule has 5 heterocycles. The molecule has 0 unspecified atom stereocenters. The number of nitrogens with one attached hydrogen (secondary N) is 2. The highest BCUT2D eigenvalue weighted by Crippen LogP contribution is 2.55. The zero-order valence-electron chi connectivity index (χ0n) is 77.8. The lowest BCUT2D eigenvalue weighted by Gasteiger charge is -2.43. The van der Waals surface area contributed by atoms with Crippen LogP contribution in [0.25, 0.3) is 155 Å². The van der Waals surface area contributed by atoms with E-state index in [2.05, 4.69) is 300 Å². The van der Waals surface area contributed by atoms with Gasteiger partial charge >= 0.3 is 0 Å². The van der Waals surface area contributed by atoms with Crippen molar-refractivity contribution >= 4 is 117 Å². The summed E-state index contributed by atoms with van der Waals surface area (Å²) >= 11 is 0. The number of rotatable bonds is 11. The van der Waals surface area contributed by atoms with Gasteiger partial charge in [0.05, 0.1) is 56.8 Å². The van der Waals surface area contributed by atoms with Crippen molar-refractivity contribution in [1.29, 1.82) is 0 Å². The molecule has 19 aromatic rings. The maximum Gasteiger partial charge on any atom is 0.252 e. The van der Waals surface area contributed by atoms with Crippen LogP contribution < -0.4 is 26.6 Å². The average molecular weight is 1480 g/mol. The molecule has 0 atom stereocenters. The molecule has 5 nitrogen and oxygen atoms in total. The molecule has 21 rings (SSSR count). The molecule has 2 aliphatic rings. The molecule has 0 radical (unpaired) electrons. The van der Waals surface area contributed by atoms with Gasteiger partial charge in [-0.2, -0.15) is 0 Å². The summed E-state index contributed by atoms with van der Waals surface area (Å²) in [5.74, 6) is 0. The Bertz CT molecular complexity index is 7800. The zero-order chi connectivity index (χ0) is 88.4. The number of hydrogen-bond donors (Lipinski definition) is 2. The first-order valence-corrected chi connectivity index (χ1v) is 39.2. The van der Waals surface area contributed by atoms with E-state index in [1.54, 1.807) is 4.57 Å². The van der Waals surface area contributed by atoms with Crippen molar-refractivity contribution in [3.05, 3.63) is 362 Å². The largest absolute Gasteiger partial charge is 0.355 e. The SMILES string of the molecule is [2H]c1c([2H])c([2H])c(-c2cc3c4c(c2)c2cc(Nc5ccc(C(C)(C)C)cc5-c5cccc(C(C)(C)C)c5)ccc2n4-c2cc4[nH]c5c(-c6ccccc6-c6ccccc6-c6ccccc6)cccc5c4c4c2B3c2ccc(-n3c5c([2H])c([2H])c([2H])c([2H])c5c5c([2H])c([2H])c([2H])c([2H])c53)cc2N4c2c(-c3ccccc3)cc(C(C)(C)C)cc2-c2ccccc2)c([2H])c1[2H]. The van der Waals surface area contributed by atoms with Crippen molar-refractivity contribution in [1.82, 2.24) is 14.1 Å². The third kappa shape index (κ3) is 11.0. The highest BCUT2D eigenvalue weighted by molar-refractivity contribution is 7.00. The summed E-state index contributed by atoms with van der Waals surface area (Å²) in [6, 6.07) is 87.4. The van der Waals surface area contributed by atoms with Crippen molar-refractivity contribution in [3.8, 4) is 89.3 Å². The van der Waals surface area contributed by atoms with Gasteiger partial charge in [0.2, 0.25) is 0 Å². The number of aromatic nitrogens is 3. The third-order valence-corrected chi connectivity index (χ3v) is 23.6. The number of nitrogens with zero attached hydrogens (tertiary/aromatic N) is 3. The standard InChI is InChI=1S/C108H86BN5/c1-106(2,3)73-41-30-40-71(58-73)86-61-74(107(4,5)6)52-56-93(86)110-76-53-57-97-89(64-76)90-59-72(67-32-14-10-15-33-67)60-92-104(90)113(97)99-66-94-100(85-49-31-48-84(102(85)111-94)81-45-25-24-44-80(81)79-43-23-22-42-78(79)68-34-16-11-17-35-68)105-101(99)109(92)91-55-54-77(112-95-50-28-26-46-82(95)83-47-27-29-51-96(83)112)65-98(91)114(105)103-87(69-36-18-12-19-37-69)62-75(108(7,8)9)63-88(103)70-38-20-13-21-39-70/h10-66,110-111H,1-9H3/i10D,14D,15D,26D,27D,28D,29D,32D,33D,46D,47D,50D,51D. The van der Waals surface area contributed by atoms with Crippen LogP contribution in [0.15, 0.2) is 345 Å². The molecule has 0 saturated heterocycles. The van der Waals surface area contributed by atoms with Crippen LogP contribution in [0.2, 0.25) is 0 Å². The number of anilines is 5. The monoisotopic (exact) mass is 1480 g/mol. The van der Waals surface area contributed by atoms with E-state index in [9.17, 15) is 16.4 Å². The molecular formula is C108H86BN5. The second-order valence-electron chi connectivity index (χ2n) is 33.6. The van der Waals surface area contributed by atoms with Gasteiger partial charge in [0.25, 0.3) is 6.71 Å². The number of para-hydroxylation sites is 3. The first kappa shape index (κ1) is 55.9. The van der Waals surface area contributed by atoms with E-state index in [1.807, 2.05) is 48.5 Å². The summed E-state index contributed by atoms with van der Waals surface area (Å²) in [4.78, 5) is 6.61. The second-order valence-corrected chi connectivity index (χ2v) is 33.6. The van der Waals surface area contributed by atoms with Crippen molar-refractivity contribution in [2.75, 3.05) is 10.2 Å². The Labute approximate surface area is 685 Å².